The first-order chi connectivity index (χ1) is 8.54. The predicted octanol–water partition coefficient (Wildman–Crippen LogP) is 2.12. The fraction of sp³-hybridized carbons (Fsp3) is 0.500. The van der Waals surface area contributed by atoms with Crippen molar-refractivity contribution in [2.75, 3.05) is 18.9 Å². The van der Waals surface area contributed by atoms with Gasteiger partial charge in [0.25, 0.3) is 5.69 Å². The molecule has 0 spiro atoms. The standard InChI is InChI=1S/C12H18N2O4/c1-3-17-7-9(2)18-8-10-4-5-11(13)12(6-10)14(15)16/h4-6,9H,3,7-8,13H2,1-2H3. The van der Waals surface area contributed by atoms with Crippen molar-refractivity contribution in [3.8, 4) is 0 Å². The topological polar surface area (TPSA) is 87.6 Å². The monoisotopic (exact) mass is 254 g/mol. The zero-order valence-corrected chi connectivity index (χ0v) is 10.6. The molecule has 0 saturated heterocycles. The number of benzene rings is 1. The molecule has 0 aliphatic carbocycles. The van der Waals surface area contributed by atoms with Crippen LogP contribution < -0.4 is 5.73 Å². The van der Waals surface area contributed by atoms with E-state index in [9.17, 15) is 10.1 Å². The molecule has 2 N–H and O–H groups in total. The lowest BCUT2D eigenvalue weighted by molar-refractivity contribution is -0.384. The fourth-order valence-corrected chi connectivity index (χ4v) is 1.41. The normalized spacial score (nSPS) is 12.3. The molecule has 0 bridgehead atoms. The lowest BCUT2D eigenvalue weighted by Gasteiger charge is -2.12. The Labute approximate surface area is 106 Å². The summed E-state index contributed by atoms with van der Waals surface area (Å²) in [5, 5.41) is 10.7. The first-order valence-corrected chi connectivity index (χ1v) is 5.76. The Morgan fingerprint density at radius 2 is 2.22 bits per heavy atom. The number of ether oxygens (including phenoxy) is 2. The molecule has 0 aliphatic heterocycles. The minimum absolute atomic E-state index is 0.0541. The number of rotatable bonds is 7. The first kappa shape index (κ1) is 14.4. The number of nitrogens with two attached hydrogens (primary N) is 1. The molecule has 100 valence electrons. The van der Waals surface area contributed by atoms with Gasteiger partial charge in [0.2, 0.25) is 0 Å². The van der Waals surface area contributed by atoms with Crippen LogP contribution in [-0.2, 0) is 16.1 Å². The number of hydrogen-bond acceptors (Lipinski definition) is 5. The molecule has 18 heavy (non-hydrogen) atoms. The summed E-state index contributed by atoms with van der Waals surface area (Å²) in [4.78, 5) is 10.2. The Morgan fingerprint density at radius 1 is 1.50 bits per heavy atom. The molecule has 0 aromatic heterocycles. The van der Waals surface area contributed by atoms with Gasteiger partial charge >= 0.3 is 0 Å². The molecule has 0 radical (unpaired) electrons. The summed E-state index contributed by atoms with van der Waals surface area (Å²) in [6.07, 6.45) is -0.0541. The Morgan fingerprint density at radius 3 is 2.83 bits per heavy atom. The molecule has 0 aliphatic rings. The Hall–Kier alpha value is -1.66. The third-order valence-corrected chi connectivity index (χ3v) is 2.38. The van der Waals surface area contributed by atoms with Crippen LogP contribution in [0, 0.1) is 10.1 Å². The van der Waals surface area contributed by atoms with Crippen molar-refractivity contribution >= 4 is 11.4 Å². The quantitative estimate of drug-likeness (QED) is 0.457. The molecule has 6 nitrogen and oxygen atoms in total. The lowest BCUT2D eigenvalue weighted by atomic mass is 10.2. The van der Waals surface area contributed by atoms with E-state index < -0.39 is 4.92 Å². The highest BCUT2D eigenvalue weighted by molar-refractivity contribution is 5.59. The van der Waals surface area contributed by atoms with E-state index in [1.165, 1.54) is 12.1 Å². The zero-order chi connectivity index (χ0) is 13.5. The van der Waals surface area contributed by atoms with Gasteiger partial charge < -0.3 is 15.2 Å². The zero-order valence-electron chi connectivity index (χ0n) is 10.6. The Bertz CT molecular complexity index is 409. The van der Waals surface area contributed by atoms with Crippen LogP contribution in [-0.4, -0.2) is 24.2 Å². The molecule has 1 aromatic carbocycles. The molecule has 0 saturated carbocycles. The average molecular weight is 254 g/mol. The molecule has 1 aromatic rings. The highest BCUT2D eigenvalue weighted by Gasteiger charge is 2.12. The number of hydrogen-bond donors (Lipinski definition) is 1. The molecule has 0 amide bonds. The van der Waals surface area contributed by atoms with Crippen molar-refractivity contribution in [2.45, 2.75) is 26.6 Å². The largest absolute Gasteiger partial charge is 0.393 e. The lowest BCUT2D eigenvalue weighted by Crippen LogP contribution is -2.15. The molecule has 6 heteroatoms. The second-order valence-corrected chi connectivity index (χ2v) is 3.93. The summed E-state index contributed by atoms with van der Waals surface area (Å²) in [6.45, 7) is 5.25. The van der Waals surface area contributed by atoms with Gasteiger partial charge in [-0.2, -0.15) is 0 Å². The van der Waals surface area contributed by atoms with Gasteiger partial charge in [-0.15, -0.1) is 0 Å². The van der Waals surface area contributed by atoms with E-state index >= 15 is 0 Å². The SMILES string of the molecule is CCOCC(C)OCc1ccc(N)c([N+](=O)[O-])c1. The number of nitro groups is 1. The third kappa shape index (κ3) is 4.31. The molecule has 1 atom stereocenters. The van der Waals surface area contributed by atoms with Crippen LogP contribution in [0.1, 0.15) is 19.4 Å². The van der Waals surface area contributed by atoms with Crippen molar-refractivity contribution in [1.29, 1.82) is 0 Å². The summed E-state index contributed by atoms with van der Waals surface area (Å²) in [7, 11) is 0. The number of nitrogen functional groups attached to an aromatic ring is 1. The van der Waals surface area contributed by atoms with Crippen LogP contribution in [0.4, 0.5) is 11.4 Å². The van der Waals surface area contributed by atoms with E-state index in [1.807, 2.05) is 13.8 Å². The van der Waals surface area contributed by atoms with E-state index in [0.717, 1.165) is 5.56 Å². The van der Waals surface area contributed by atoms with E-state index in [2.05, 4.69) is 0 Å². The molecule has 1 rings (SSSR count). The summed E-state index contributed by atoms with van der Waals surface area (Å²) in [5.41, 5.74) is 6.30. The van der Waals surface area contributed by atoms with Gasteiger partial charge in [0.1, 0.15) is 5.69 Å². The molecular formula is C12H18N2O4. The summed E-state index contributed by atoms with van der Waals surface area (Å²) >= 11 is 0. The highest BCUT2D eigenvalue weighted by atomic mass is 16.6. The summed E-state index contributed by atoms with van der Waals surface area (Å²) < 4.78 is 10.7. The second kappa shape index (κ2) is 6.93. The van der Waals surface area contributed by atoms with Crippen molar-refractivity contribution in [1.82, 2.24) is 0 Å². The number of anilines is 1. The predicted molar refractivity (Wildman–Crippen MR) is 68.3 cm³/mol. The molecule has 1 unspecified atom stereocenters. The number of nitrogens with zero attached hydrogens (tertiary/aromatic N) is 1. The average Bonchev–Trinajstić information content (AvgIpc) is 2.35. The minimum atomic E-state index is -0.498. The maximum atomic E-state index is 10.7. The third-order valence-electron chi connectivity index (χ3n) is 2.38. The fourth-order valence-electron chi connectivity index (χ4n) is 1.41. The Balaban J connectivity index is 2.57. The van der Waals surface area contributed by atoms with Crippen molar-refractivity contribution in [2.24, 2.45) is 0 Å². The van der Waals surface area contributed by atoms with Crippen LogP contribution in [0.5, 0.6) is 0 Å². The van der Waals surface area contributed by atoms with Gasteiger partial charge in [0, 0.05) is 12.7 Å². The van der Waals surface area contributed by atoms with Crippen LogP contribution >= 0.6 is 0 Å². The molecule has 0 fully saturated rings. The summed E-state index contributed by atoms with van der Waals surface area (Å²) in [6, 6.07) is 4.67. The van der Waals surface area contributed by atoms with Crippen LogP contribution in [0.15, 0.2) is 18.2 Å². The Kier molecular flexibility index (Phi) is 5.54. The molecule has 0 heterocycles. The van der Waals surface area contributed by atoms with Gasteiger partial charge in [-0.25, -0.2) is 0 Å². The van der Waals surface area contributed by atoms with Crippen molar-refractivity contribution < 1.29 is 14.4 Å². The smallest absolute Gasteiger partial charge is 0.292 e. The first-order valence-electron chi connectivity index (χ1n) is 5.76. The van der Waals surface area contributed by atoms with Crippen molar-refractivity contribution in [3.05, 3.63) is 33.9 Å². The second-order valence-electron chi connectivity index (χ2n) is 3.93. The van der Waals surface area contributed by atoms with Crippen molar-refractivity contribution in [3.63, 3.8) is 0 Å². The maximum absolute atomic E-state index is 10.7. The van der Waals surface area contributed by atoms with Crippen LogP contribution in [0.2, 0.25) is 0 Å². The van der Waals surface area contributed by atoms with Gasteiger partial charge in [-0.05, 0) is 25.5 Å². The van der Waals surface area contributed by atoms with Gasteiger partial charge in [0.15, 0.2) is 0 Å². The highest BCUT2D eigenvalue weighted by Crippen LogP contribution is 2.22. The number of nitro benzene ring substituents is 1. The summed E-state index contributed by atoms with van der Waals surface area (Å²) in [5.74, 6) is 0. The van der Waals surface area contributed by atoms with E-state index in [1.54, 1.807) is 6.07 Å². The van der Waals surface area contributed by atoms with E-state index in [-0.39, 0.29) is 17.5 Å². The van der Waals surface area contributed by atoms with Gasteiger partial charge in [-0.3, -0.25) is 10.1 Å². The maximum Gasteiger partial charge on any atom is 0.292 e. The molecular weight excluding hydrogens is 236 g/mol. The van der Waals surface area contributed by atoms with Gasteiger partial charge in [0.05, 0.1) is 24.2 Å². The van der Waals surface area contributed by atoms with E-state index in [4.69, 9.17) is 15.2 Å². The van der Waals surface area contributed by atoms with Crippen LogP contribution in [0.3, 0.4) is 0 Å². The van der Waals surface area contributed by atoms with Crippen LogP contribution in [0.25, 0.3) is 0 Å². The van der Waals surface area contributed by atoms with Gasteiger partial charge in [-0.1, -0.05) is 6.07 Å². The minimum Gasteiger partial charge on any atom is -0.393 e. The van der Waals surface area contributed by atoms with E-state index in [0.29, 0.717) is 19.8 Å².